The molecule has 2 saturated heterocycles. The monoisotopic (exact) mass is 425 g/mol. The largest absolute Gasteiger partial charge is 0.392 e. The van der Waals surface area contributed by atoms with Crippen molar-refractivity contribution in [2.75, 3.05) is 5.32 Å². The molecule has 1 spiro atoms. The first kappa shape index (κ1) is 20.6. The van der Waals surface area contributed by atoms with Crippen LogP contribution in [0.4, 0.5) is 5.69 Å². The van der Waals surface area contributed by atoms with Crippen LogP contribution in [-0.4, -0.2) is 45.9 Å². The molecule has 5 rings (SSSR count). The number of aliphatic hydroxyl groups is 1. The minimum Gasteiger partial charge on any atom is -0.392 e. The summed E-state index contributed by atoms with van der Waals surface area (Å²) in [6.45, 7) is 5.51. The summed E-state index contributed by atoms with van der Waals surface area (Å²) in [5, 5.41) is 16.8. The summed E-state index contributed by atoms with van der Waals surface area (Å²) < 4.78 is 0. The van der Waals surface area contributed by atoms with Crippen LogP contribution in [0.25, 0.3) is 0 Å². The molecular formula is C24H31N3O4. The Hall–Kier alpha value is -2.25. The van der Waals surface area contributed by atoms with Crippen molar-refractivity contribution < 1.29 is 19.5 Å². The number of nitrogens with zero attached hydrogens (tertiary/aromatic N) is 1. The van der Waals surface area contributed by atoms with Gasteiger partial charge in [0.1, 0.15) is 5.54 Å². The van der Waals surface area contributed by atoms with Gasteiger partial charge < -0.3 is 10.4 Å². The number of likely N-dealkylation sites (tertiary alicyclic amines) is 1. The van der Waals surface area contributed by atoms with E-state index >= 15 is 0 Å². The van der Waals surface area contributed by atoms with Crippen LogP contribution in [0, 0.1) is 25.7 Å². The lowest BCUT2D eigenvalue weighted by Crippen LogP contribution is -2.55. The van der Waals surface area contributed by atoms with Crippen LogP contribution in [0.2, 0.25) is 0 Å². The van der Waals surface area contributed by atoms with Gasteiger partial charge in [0.2, 0.25) is 17.7 Å². The second-order valence-corrected chi connectivity index (χ2v) is 9.87. The van der Waals surface area contributed by atoms with E-state index in [0.29, 0.717) is 5.69 Å². The minimum absolute atomic E-state index is 0.108. The second kappa shape index (κ2) is 7.14. The van der Waals surface area contributed by atoms with E-state index in [1.54, 1.807) is 6.92 Å². The Morgan fingerprint density at radius 2 is 1.74 bits per heavy atom. The zero-order valence-electron chi connectivity index (χ0n) is 18.4. The maximum Gasteiger partial charge on any atom is 0.250 e. The number of anilines is 1. The predicted octanol–water partition coefficient (Wildman–Crippen LogP) is 2.13. The lowest BCUT2D eigenvalue weighted by atomic mass is 9.75. The first-order chi connectivity index (χ1) is 14.8. The standard InChI is InChI=1S/C24H31N3O4/c1-12-10-13(2)19-16(11-12)24(23(31)25-19)18-17(20(26-24)14(3)28)21(29)27(22(18)30)15-8-6-4-5-7-9-15/h10-11,14-15,17-18,20,26,28H,4-9H2,1-3H3,(H,25,31)/t14-,17+,18+,20+,24-/m1/s1. The molecule has 0 unspecified atom stereocenters. The predicted molar refractivity (Wildman–Crippen MR) is 115 cm³/mol. The Kier molecular flexibility index (Phi) is 4.75. The van der Waals surface area contributed by atoms with E-state index in [9.17, 15) is 19.5 Å². The average molecular weight is 426 g/mol. The number of rotatable bonds is 2. The summed E-state index contributed by atoms with van der Waals surface area (Å²) >= 11 is 0. The molecule has 1 saturated carbocycles. The molecule has 3 amide bonds. The fourth-order valence-corrected chi connectivity index (χ4v) is 6.50. The normalized spacial score (nSPS) is 34.1. The molecule has 3 N–H and O–H groups in total. The van der Waals surface area contributed by atoms with E-state index in [2.05, 4.69) is 10.6 Å². The van der Waals surface area contributed by atoms with Gasteiger partial charge in [-0.1, -0.05) is 43.4 Å². The van der Waals surface area contributed by atoms with E-state index in [0.717, 1.165) is 55.2 Å². The lowest BCUT2D eigenvalue weighted by Gasteiger charge is -2.32. The quantitative estimate of drug-likeness (QED) is 0.498. The van der Waals surface area contributed by atoms with Crippen molar-refractivity contribution in [3.05, 3.63) is 28.8 Å². The highest BCUT2D eigenvalue weighted by molar-refractivity contribution is 6.15. The third-order valence-corrected chi connectivity index (χ3v) is 7.84. The summed E-state index contributed by atoms with van der Waals surface area (Å²) in [5.74, 6) is -2.39. The molecule has 0 radical (unpaired) electrons. The highest BCUT2D eigenvalue weighted by atomic mass is 16.3. The SMILES string of the molecule is Cc1cc(C)c2c(c1)[C@]1(N[C@@H]([C@@H](C)O)[C@H]3C(=O)N(C4CCCCCC4)C(=O)[C@H]31)C(=O)N2. The number of benzene rings is 1. The van der Waals surface area contributed by atoms with Crippen molar-refractivity contribution in [1.29, 1.82) is 0 Å². The van der Waals surface area contributed by atoms with E-state index in [1.165, 1.54) is 4.90 Å². The van der Waals surface area contributed by atoms with Crippen LogP contribution < -0.4 is 10.6 Å². The first-order valence-corrected chi connectivity index (χ1v) is 11.5. The topological polar surface area (TPSA) is 98.7 Å². The molecule has 31 heavy (non-hydrogen) atoms. The molecule has 4 aliphatic rings. The number of aliphatic hydroxyl groups excluding tert-OH is 1. The molecule has 7 nitrogen and oxygen atoms in total. The van der Waals surface area contributed by atoms with Gasteiger partial charge in [-0.05, 0) is 39.2 Å². The smallest absolute Gasteiger partial charge is 0.250 e. The summed E-state index contributed by atoms with van der Waals surface area (Å²) in [6.07, 6.45) is 5.01. The molecule has 7 heteroatoms. The molecule has 1 aromatic carbocycles. The molecule has 0 bridgehead atoms. The molecular weight excluding hydrogens is 394 g/mol. The number of aryl methyl sites for hydroxylation is 2. The van der Waals surface area contributed by atoms with Gasteiger partial charge in [-0.2, -0.15) is 0 Å². The van der Waals surface area contributed by atoms with Crippen molar-refractivity contribution in [1.82, 2.24) is 10.2 Å². The van der Waals surface area contributed by atoms with Crippen molar-refractivity contribution in [3.8, 4) is 0 Å². The van der Waals surface area contributed by atoms with Crippen LogP contribution in [0.3, 0.4) is 0 Å². The highest BCUT2D eigenvalue weighted by Crippen LogP contribution is 2.54. The summed E-state index contributed by atoms with van der Waals surface area (Å²) in [5.41, 5.74) is 2.02. The first-order valence-electron chi connectivity index (χ1n) is 11.5. The minimum atomic E-state index is -1.33. The molecule has 3 aliphatic heterocycles. The van der Waals surface area contributed by atoms with Gasteiger partial charge in [0.05, 0.1) is 17.9 Å². The van der Waals surface area contributed by atoms with E-state index in [1.807, 2.05) is 26.0 Å². The van der Waals surface area contributed by atoms with Gasteiger partial charge in [-0.15, -0.1) is 0 Å². The van der Waals surface area contributed by atoms with Gasteiger partial charge in [-0.25, -0.2) is 0 Å². The number of hydrogen-bond acceptors (Lipinski definition) is 5. The third-order valence-electron chi connectivity index (χ3n) is 7.84. The van der Waals surface area contributed by atoms with Crippen molar-refractivity contribution in [2.24, 2.45) is 11.8 Å². The number of carbonyl (C=O) groups excluding carboxylic acids is 3. The zero-order valence-corrected chi connectivity index (χ0v) is 18.4. The molecule has 0 aromatic heterocycles. The molecule has 166 valence electrons. The van der Waals surface area contributed by atoms with Gasteiger partial charge in [0, 0.05) is 23.3 Å². The van der Waals surface area contributed by atoms with Crippen LogP contribution in [0.5, 0.6) is 0 Å². The van der Waals surface area contributed by atoms with Crippen LogP contribution in [0.15, 0.2) is 12.1 Å². The maximum absolute atomic E-state index is 13.9. The molecule has 5 atom stereocenters. The Morgan fingerprint density at radius 3 is 2.39 bits per heavy atom. The summed E-state index contributed by atoms with van der Waals surface area (Å²) in [4.78, 5) is 42.5. The van der Waals surface area contributed by atoms with Crippen LogP contribution in [0.1, 0.15) is 62.1 Å². The van der Waals surface area contributed by atoms with Crippen LogP contribution in [-0.2, 0) is 19.9 Å². The van der Waals surface area contributed by atoms with Gasteiger partial charge in [-0.3, -0.25) is 24.6 Å². The second-order valence-electron chi connectivity index (χ2n) is 9.87. The molecule has 1 aromatic rings. The van der Waals surface area contributed by atoms with E-state index in [-0.39, 0.29) is 23.8 Å². The fraction of sp³-hybridized carbons (Fsp3) is 0.625. The number of imide groups is 1. The van der Waals surface area contributed by atoms with Gasteiger partial charge in [0.15, 0.2) is 0 Å². The number of nitrogens with one attached hydrogen (secondary N) is 2. The van der Waals surface area contributed by atoms with E-state index in [4.69, 9.17) is 0 Å². The number of carbonyl (C=O) groups is 3. The van der Waals surface area contributed by atoms with Crippen molar-refractivity contribution in [3.63, 3.8) is 0 Å². The van der Waals surface area contributed by atoms with Crippen molar-refractivity contribution >= 4 is 23.4 Å². The third kappa shape index (κ3) is 2.75. The Balaban J connectivity index is 1.65. The molecule has 1 aliphatic carbocycles. The Bertz CT molecular complexity index is 966. The number of hydrogen-bond donors (Lipinski definition) is 3. The zero-order chi connectivity index (χ0) is 22.1. The maximum atomic E-state index is 13.9. The Labute approximate surface area is 182 Å². The average Bonchev–Trinajstić information content (AvgIpc) is 3.18. The Morgan fingerprint density at radius 1 is 1.06 bits per heavy atom. The highest BCUT2D eigenvalue weighted by Gasteiger charge is 2.71. The van der Waals surface area contributed by atoms with E-state index < -0.39 is 29.5 Å². The fourth-order valence-electron chi connectivity index (χ4n) is 6.50. The molecule has 3 heterocycles. The van der Waals surface area contributed by atoms with Gasteiger partial charge in [0.25, 0.3) is 0 Å². The lowest BCUT2D eigenvalue weighted by molar-refractivity contribution is -0.146. The summed E-state index contributed by atoms with van der Waals surface area (Å²) in [6, 6.07) is 3.16. The summed E-state index contributed by atoms with van der Waals surface area (Å²) in [7, 11) is 0. The number of fused-ring (bicyclic) bond motifs is 4. The van der Waals surface area contributed by atoms with Crippen molar-refractivity contribution in [2.45, 2.75) is 83.0 Å². The van der Waals surface area contributed by atoms with Gasteiger partial charge >= 0.3 is 0 Å². The van der Waals surface area contributed by atoms with Crippen LogP contribution >= 0.6 is 0 Å². The number of amides is 3. The molecule has 3 fully saturated rings.